The number of fused-ring (bicyclic) bond motifs is 1. The molecule has 0 aliphatic carbocycles. The average Bonchev–Trinajstić information content (AvgIpc) is 3.16. The molecular formula is C29H18F3NO4. The number of rotatable bonds is 5. The zero-order valence-corrected chi connectivity index (χ0v) is 19.1. The second-order valence-electron chi connectivity index (χ2n) is 8.36. The molecule has 37 heavy (non-hydrogen) atoms. The Bertz CT molecular complexity index is 1460. The summed E-state index contributed by atoms with van der Waals surface area (Å²) >= 11 is 0. The molecule has 1 aliphatic rings. The van der Waals surface area contributed by atoms with Crippen molar-refractivity contribution < 1.29 is 32.3 Å². The van der Waals surface area contributed by atoms with Crippen LogP contribution >= 0.6 is 0 Å². The number of nitrogens with zero attached hydrogens (tertiary/aromatic N) is 1. The lowest BCUT2D eigenvalue weighted by Gasteiger charge is -2.19. The highest BCUT2D eigenvalue weighted by atomic mass is 19.4. The minimum atomic E-state index is -4.64. The number of alkyl halides is 3. The summed E-state index contributed by atoms with van der Waals surface area (Å²) in [6.45, 7) is 0. The van der Waals surface area contributed by atoms with Crippen molar-refractivity contribution in [3.63, 3.8) is 0 Å². The molecule has 0 saturated carbocycles. The molecule has 0 spiro atoms. The summed E-state index contributed by atoms with van der Waals surface area (Å²) in [6, 6.07) is 26.1. The summed E-state index contributed by atoms with van der Waals surface area (Å²) in [6.07, 6.45) is -5.36. The SMILES string of the molecule is O=C(OC(c1ccccc1)c1ccccc1)c1ccc2c(c1)C(=O)N(c1cccc(C(F)(F)F)c1)C2=O. The fraction of sp³-hybridized carbons (Fsp3) is 0.0690. The number of imide groups is 1. The van der Waals surface area contributed by atoms with Crippen LogP contribution in [0.15, 0.2) is 103 Å². The first-order valence-electron chi connectivity index (χ1n) is 11.2. The Kier molecular flexibility index (Phi) is 6.09. The first-order valence-corrected chi connectivity index (χ1v) is 11.2. The van der Waals surface area contributed by atoms with Crippen LogP contribution in [0.5, 0.6) is 0 Å². The van der Waals surface area contributed by atoms with E-state index in [1.165, 1.54) is 24.3 Å². The third-order valence-corrected chi connectivity index (χ3v) is 5.98. The lowest BCUT2D eigenvalue weighted by molar-refractivity contribution is -0.137. The van der Waals surface area contributed by atoms with E-state index in [0.717, 1.165) is 29.3 Å². The third kappa shape index (κ3) is 4.61. The molecule has 4 aromatic rings. The summed E-state index contributed by atoms with van der Waals surface area (Å²) in [7, 11) is 0. The molecule has 2 amide bonds. The van der Waals surface area contributed by atoms with Gasteiger partial charge in [0.05, 0.1) is 27.9 Å². The maximum atomic E-state index is 13.2. The molecule has 0 radical (unpaired) electrons. The van der Waals surface area contributed by atoms with Crippen LogP contribution in [0.4, 0.5) is 18.9 Å². The molecule has 0 aromatic heterocycles. The van der Waals surface area contributed by atoms with Crippen molar-refractivity contribution in [1.29, 1.82) is 0 Å². The first kappa shape index (κ1) is 24.0. The highest BCUT2D eigenvalue weighted by Gasteiger charge is 2.39. The van der Waals surface area contributed by atoms with Crippen LogP contribution in [0.1, 0.15) is 53.9 Å². The summed E-state index contributed by atoms with van der Waals surface area (Å²) in [4.78, 5) is 39.8. The summed E-state index contributed by atoms with van der Waals surface area (Å²) < 4.78 is 45.3. The second kappa shape index (κ2) is 9.39. The van der Waals surface area contributed by atoms with Gasteiger partial charge in [-0.2, -0.15) is 13.2 Å². The van der Waals surface area contributed by atoms with Crippen molar-refractivity contribution in [2.24, 2.45) is 0 Å². The molecule has 4 aromatic carbocycles. The van der Waals surface area contributed by atoms with E-state index in [4.69, 9.17) is 4.74 Å². The molecule has 0 saturated heterocycles. The van der Waals surface area contributed by atoms with Gasteiger partial charge in [0.25, 0.3) is 11.8 Å². The Hall–Kier alpha value is -4.72. The number of amides is 2. The molecule has 1 aliphatic heterocycles. The predicted octanol–water partition coefficient (Wildman–Crippen LogP) is 6.45. The molecule has 184 valence electrons. The van der Waals surface area contributed by atoms with Crippen LogP contribution in [0.3, 0.4) is 0 Å². The molecule has 0 unspecified atom stereocenters. The monoisotopic (exact) mass is 501 g/mol. The molecular weight excluding hydrogens is 483 g/mol. The largest absolute Gasteiger partial charge is 0.449 e. The summed E-state index contributed by atoms with van der Waals surface area (Å²) in [5, 5.41) is 0. The number of halogens is 3. The zero-order chi connectivity index (χ0) is 26.2. The third-order valence-electron chi connectivity index (χ3n) is 5.98. The predicted molar refractivity (Wildman–Crippen MR) is 129 cm³/mol. The standard InChI is InChI=1S/C29H18F3NO4/c30-29(31,32)21-12-7-13-22(17-21)33-26(34)23-15-14-20(16-24(23)27(33)35)28(36)37-25(18-8-3-1-4-9-18)19-10-5-2-6-11-19/h1-17,25H. The number of benzene rings is 4. The van der Waals surface area contributed by atoms with Gasteiger partial charge in [0, 0.05) is 0 Å². The van der Waals surface area contributed by atoms with Crippen LogP contribution in [-0.4, -0.2) is 17.8 Å². The van der Waals surface area contributed by atoms with Gasteiger partial charge in [0.15, 0.2) is 6.10 Å². The van der Waals surface area contributed by atoms with Crippen molar-refractivity contribution in [3.05, 3.63) is 137 Å². The second-order valence-corrected chi connectivity index (χ2v) is 8.36. The fourth-order valence-electron chi connectivity index (χ4n) is 4.18. The number of carbonyl (C=O) groups is 3. The van der Waals surface area contributed by atoms with Gasteiger partial charge >= 0.3 is 12.1 Å². The fourth-order valence-corrected chi connectivity index (χ4v) is 4.18. The van der Waals surface area contributed by atoms with Crippen molar-refractivity contribution in [2.75, 3.05) is 4.90 Å². The Morgan fingerprint density at radius 1 is 0.703 bits per heavy atom. The molecule has 0 atom stereocenters. The maximum absolute atomic E-state index is 13.2. The molecule has 5 rings (SSSR count). The lowest BCUT2D eigenvalue weighted by Crippen LogP contribution is -2.29. The zero-order valence-electron chi connectivity index (χ0n) is 19.1. The van der Waals surface area contributed by atoms with E-state index in [1.54, 1.807) is 0 Å². The van der Waals surface area contributed by atoms with Crippen LogP contribution in [0, 0.1) is 0 Å². The smallest absolute Gasteiger partial charge is 0.416 e. The van der Waals surface area contributed by atoms with Crippen LogP contribution in [0.2, 0.25) is 0 Å². The molecule has 5 nitrogen and oxygen atoms in total. The van der Waals surface area contributed by atoms with Gasteiger partial charge in [-0.3, -0.25) is 9.59 Å². The normalized spacial score (nSPS) is 13.1. The maximum Gasteiger partial charge on any atom is 0.416 e. The van der Waals surface area contributed by atoms with E-state index in [-0.39, 0.29) is 22.4 Å². The number of esters is 1. The van der Waals surface area contributed by atoms with E-state index in [2.05, 4.69) is 0 Å². The summed E-state index contributed by atoms with van der Waals surface area (Å²) in [5.41, 5.74) is 0.213. The van der Waals surface area contributed by atoms with Gasteiger partial charge in [-0.25, -0.2) is 9.69 Å². The van der Waals surface area contributed by atoms with Gasteiger partial charge < -0.3 is 4.74 Å². The molecule has 1 heterocycles. The number of anilines is 1. The van der Waals surface area contributed by atoms with Gasteiger partial charge in [0.2, 0.25) is 0 Å². The van der Waals surface area contributed by atoms with Gasteiger partial charge in [-0.05, 0) is 47.5 Å². The molecule has 8 heteroatoms. The lowest BCUT2D eigenvalue weighted by atomic mass is 10.0. The Morgan fingerprint density at radius 2 is 1.30 bits per heavy atom. The van der Waals surface area contributed by atoms with Crippen LogP contribution in [-0.2, 0) is 10.9 Å². The highest BCUT2D eigenvalue weighted by Crippen LogP contribution is 2.35. The minimum absolute atomic E-state index is 0.0124. The van der Waals surface area contributed by atoms with Crippen molar-refractivity contribution >= 4 is 23.5 Å². The van der Waals surface area contributed by atoms with E-state index in [9.17, 15) is 27.6 Å². The topological polar surface area (TPSA) is 63.7 Å². The van der Waals surface area contributed by atoms with E-state index < -0.39 is 35.6 Å². The highest BCUT2D eigenvalue weighted by molar-refractivity contribution is 6.34. The van der Waals surface area contributed by atoms with Crippen LogP contribution < -0.4 is 4.90 Å². The molecule has 0 N–H and O–H groups in total. The molecule has 0 fully saturated rings. The van der Waals surface area contributed by atoms with E-state index >= 15 is 0 Å². The number of ether oxygens (including phenoxy) is 1. The van der Waals surface area contributed by atoms with Crippen molar-refractivity contribution in [2.45, 2.75) is 12.3 Å². The number of hydrogen-bond donors (Lipinski definition) is 0. The first-order chi connectivity index (χ1) is 17.7. The summed E-state index contributed by atoms with van der Waals surface area (Å²) in [5.74, 6) is -2.32. The molecule has 0 bridgehead atoms. The van der Waals surface area contributed by atoms with Crippen LogP contribution in [0.25, 0.3) is 0 Å². The van der Waals surface area contributed by atoms with Gasteiger partial charge in [-0.1, -0.05) is 66.7 Å². The van der Waals surface area contributed by atoms with E-state index in [0.29, 0.717) is 4.90 Å². The number of carbonyl (C=O) groups excluding carboxylic acids is 3. The minimum Gasteiger partial charge on any atom is -0.449 e. The number of hydrogen-bond acceptors (Lipinski definition) is 4. The quantitative estimate of drug-likeness (QED) is 0.233. The van der Waals surface area contributed by atoms with Crippen molar-refractivity contribution in [3.8, 4) is 0 Å². The Balaban J connectivity index is 1.45. The van der Waals surface area contributed by atoms with Gasteiger partial charge in [-0.15, -0.1) is 0 Å². The van der Waals surface area contributed by atoms with E-state index in [1.807, 2.05) is 60.7 Å². The van der Waals surface area contributed by atoms with Gasteiger partial charge in [0.1, 0.15) is 0 Å². The van der Waals surface area contributed by atoms with Crippen molar-refractivity contribution in [1.82, 2.24) is 0 Å². The average molecular weight is 501 g/mol. The Labute approximate surface area is 209 Å². The Morgan fingerprint density at radius 3 is 1.89 bits per heavy atom.